The number of halogens is 3. The molecule has 0 amide bonds. The summed E-state index contributed by atoms with van der Waals surface area (Å²) in [6.07, 6.45) is 2.80. The Bertz CT molecular complexity index is 815. The van der Waals surface area contributed by atoms with Crippen LogP contribution in [0.25, 0.3) is 0 Å². The number of aromatic hydroxyl groups is 2. The Hall–Kier alpha value is -1.38. The van der Waals surface area contributed by atoms with E-state index < -0.39 is 43.1 Å². The van der Waals surface area contributed by atoms with E-state index in [2.05, 4.69) is 4.18 Å². The van der Waals surface area contributed by atoms with Crippen LogP contribution in [0, 0.1) is 0 Å². The summed E-state index contributed by atoms with van der Waals surface area (Å²) in [5.41, 5.74) is -5.90. The minimum atomic E-state index is -6.26. The van der Waals surface area contributed by atoms with Crippen molar-refractivity contribution in [3.8, 4) is 17.2 Å². The van der Waals surface area contributed by atoms with E-state index in [4.69, 9.17) is 0 Å². The van der Waals surface area contributed by atoms with Crippen LogP contribution in [0.4, 0.5) is 13.2 Å². The summed E-state index contributed by atoms with van der Waals surface area (Å²) >= 11 is 1.24. The highest BCUT2D eigenvalue weighted by Crippen LogP contribution is 2.40. The zero-order valence-electron chi connectivity index (χ0n) is 13.3. The first-order chi connectivity index (χ1) is 11.8. The van der Waals surface area contributed by atoms with Crippen molar-refractivity contribution in [2.75, 3.05) is 5.75 Å². The first kappa shape index (κ1) is 22.7. The lowest BCUT2D eigenvalue weighted by atomic mass is 10.3. The quantitative estimate of drug-likeness (QED) is 0.395. The average Bonchev–Trinajstić information content (AvgIpc) is 2.45. The SMILES string of the molecule is CCCCCSc1cc(O)c(OS(=O)(=O)NS(=O)(=O)C(F)(F)F)c(O)c1. The van der Waals surface area contributed by atoms with Gasteiger partial charge in [0.25, 0.3) is 0 Å². The van der Waals surface area contributed by atoms with Crippen molar-refractivity contribution in [2.24, 2.45) is 0 Å². The maximum atomic E-state index is 12.2. The molecule has 1 aromatic carbocycles. The molecular formula is C12H16F3NO7S3. The van der Waals surface area contributed by atoms with Gasteiger partial charge in [0.1, 0.15) is 0 Å². The fourth-order valence-corrected chi connectivity index (χ4v) is 4.55. The number of phenolic OH excluding ortho intramolecular Hbond substituents is 2. The Kier molecular flexibility index (Phi) is 7.44. The van der Waals surface area contributed by atoms with Crippen LogP contribution < -0.4 is 8.31 Å². The number of sulfonamides is 1. The molecule has 3 N–H and O–H groups in total. The van der Waals surface area contributed by atoms with Crippen LogP contribution in [0.15, 0.2) is 17.0 Å². The molecule has 0 aliphatic heterocycles. The van der Waals surface area contributed by atoms with Gasteiger partial charge in [-0.05, 0) is 24.3 Å². The molecule has 1 rings (SSSR count). The second kappa shape index (κ2) is 8.54. The fraction of sp³-hybridized carbons (Fsp3) is 0.500. The summed E-state index contributed by atoms with van der Waals surface area (Å²) in [5.74, 6) is -2.24. The van der Waals surface area contributed by atoms with Gasteiger partial charge < -0.3 is 14.4 Å². The van der Waals surface area contributed by atoms with Gasteiger partial charge in [0.15, 0.2) is 11.5 Å². The first-order valence-corrected chi connectivity index (χ1v) is 10.9. The lowest BCUT2D eigenvalue weighted by Crippen LogP contribution is -2.42. The second-order valence-corrected chi connectivity index (χ2v) is 9.30. The van der Waals surface area contributed by atoms with E-state index in [1.165, 1.54) is 11.8 Å². The van der Waals surface area contributed by atoms with E-state index in [-0.39, 0.29) is 0 Å². The van der Waals surface area contributed by atoms with Crippen LogP contribution in [0.1, 0.15) is 26.2 Å². The van der Waals surface area contributed by atoms with E-state index in [0.717, 1.165) is 31.4 Å². The van der Waals surface area contributed by atoms with Crippen LogP contribution in [0.2, 0.25) is 0 Å². The van der Waals surface area contributed by atoms with Crippen molar-refractivity contribution < 1.29 is 44.4 Å². The van der Waals surface area contributed by atoms with Crippen LogP contribution in [-0.4, -0.2) is 38.3 Å². The van der Waals surface area contributed by atoms with Crippen molar-refractivity contribution in [1.29, 1.82) is 0 Å². The van der Waals surface area contributed by atoms with Gasteiger partial charge in [-0.15, -0.1) is 11.8 Å². The number of phenols is 2. The molecule has 0 spiro atoms. The van der Waals surface area contributed by atoms with Crippen molar-refractivity contribution in [3.63, 3.8) is 0 Å². The molecule has 0 saturated heterocycles. The summed E-state index contributed by atoms with van der Waals surface area (Å²) in [7, 11) is -11.8. The molecule has 0 saturated carbocycles. The molecular weight excluding hydrogens is 423 g/mol. The highest BCUT2D eigenvalue weighted by molar-refractivity contribution is 8.03. The summed E-state index contributed by atoms with van der Waals surface area (Å²) in [6, 6.07) is 2.05. The zero-order valence-corrected chi connectivity index (χ0v) is 15.7. The van der Waals surface area contributed by atoms with Crippen LogP contribution in [0.3, 0.4) is 0 Å². The van der Waals surface area contributed by atoms with Crippen molar-refractivity contribution in [1.82, 2.24) is 4.13 Å². The topological polar surface area (TPSA) is 130 Å². The molecule has 0 radical (unpaired) electrons. The number of alkyl halides is 3. The van der Waals surface area contributed by atoms with Gasteiger partial charge in [-0.25, -0.2) is 8.42 Å². The molecule has 0 atom stereocenters. The maximum absolute atomic E-state index is 12.2. The van der Waals surface area contributed by atoms with Crippen LogP contribution >= 0.6 is 11.8 Å². The number of hydrogen-bond donors (Lipinski definition) is 3. The average molecular weight is 439 g/mol. The monoisotopic (exact) mass is 439 g/mol. The van der Waals surface area contributed by atoms with Gasteiger partial charge in [0.2, 0.25) is 5.75 Å². The lowest BCUT2D eigenvalue weighted by molar-refractivity contribution is -0.0442. The standard InChI is InChI=1S/C12H16F3NO7S3/c1-2-3-4-5-24-8-6-9(17)11(10(18)7-8)23-26(21,22)16-25(19,20)12(13,14)15/h6-7,16-18H,2-5H2,1H3. The van der Waals surface area contributed by atoms with Crippen molar-refractivity contribution in [2.45, 2.75) is 36.6 Å². The summed E-state index contributed by atoms with van der Waals surface area (Å²) in [5, 5.41) is 19.5. The third-order valence-electron chi connectivity index (χ3n) is 2.75. The molecule has 0 fully saturated rings. The molecule has 26 heavy (non-hydrogen) atoms. The van der Waals surface area contributed by atoms with E-state index in [0.29, 0.717) is 14.8 Å². The van der Waals surface area contributed by atoms with Crippen molar-refractivity contribution >= 4 is 32.1 Å². The van der Waals surface area contributed by atoms with Gasteiger partial charge in [0, 0.05) is 4.90 Å². The maximum Gasteiger partial charge on any atom is 0.512 e. The molecule has 0 aliphatic rings. The number of rotatable bonds is 9. The largest absolute Gasteiger partial charge is 0.512 e. The molecule has 0 bridgehead atoms. The Balaban J connectivity index is 2.96. The Labute approximate surface area is 152 Å². The summed E-state index contributed by atoms with van der Waals surface area (Å²) in [4.78, 5) is 0.358. The van der Waals surface area contributed by atoms with E-state index >= 15 is 0 Å². The number of hydrogen-bond acceptors (Lipinski definition) is 8. The predicted octanol–water partition coefficient (Wildman–Crippen LogP) is 2.44. The first-order valence-electron chi connectivity index (χ1n) is 7.02. The van der Waals surface area contributed by atoms with Crippen LogP contribution in [-0.2, 0) is 20.3 Å². The van der Waals surface area contributed by atoms with Gasteiger partial charge in [-0.3, -0.25) is 0 Å². The summed E-state index contributed by atoms with van der Waals surface area (Å²) < 4.78 is 85.6. The fourth-order valence-electron chi connectivity index (χ4n) is 1.59. The molecule has 1 aromatic rings. The molecule has 0 aliphatic carbocycles. The molecule has 0 heterocycles. The summed E-state index contributed by atoms with van der Waals surface area (Å²) in [6.45, 7) is 2.00. The Morgan fingerprint density at radius 2 is 1.65 bits per heavy atom. The van der Waals surface area contributed by atoms with Gasteiger partial charge >= 0.3 is 25.8 Å². The smallest absolute Gasteiger partial charge is 0.504 e. The van der Waals surface area contributed by atoms with E-state index in [1.54, 1.807) is 0 Å². The second-order valence-electron chi connectivity index (χ2n) is 4.92. The van der Waals surface area contributed by atoms with E-state index in [1.807, 2.05) is 6.92 Å². The van der Waals surface area contributed by atoms with Crippen LogP contribution in [0.5, 0.6) is 17.2 Å². The number of thioether (sulfide) groups is 1. The van der Waals surface area contributed by atoms with Gasteiger partial charge in [-0.1, -0.05) is 23.9 Å². The number of unbranched alkanes of at least 4 members (excludes halogenated alkanes) is 2. The molecule has 8 nitrogen and oxygen atoms in total. The third kappa shape index (κ3) is 6.41. The Morgan fingerprint density at radius 3 is 2.12 bits per heavy atom. The lowest BCUT2D eigenvalue weighted by Gasteiger charge is -2.13. The van der Waals surface area contributed by atoms with Crippen molar-refractivity contribution in [3.05, 3.63) is 12.1 Å². The van der Waals surface area contributed by atoms with Gasteiger partial charge in [0.05, 0.1) is 0 Å². The third-order valence-corrected chi connectivity index (χ3v) is 6.50. The minimum absolute atomic E-state index is 0.308. The highest BCUT2D eigenvalue weighted by atomic mass is 32.3. The Morgan fingerprint density at radius 1 is 1.12 bits per heavy atom. The highest BCUT2D eigenvalue weighted by Gasteiger charge is 2.49. The van der Waals surface area contributed by atoms with E-state index in [9.17, 15) is 40.2 Å². The number of nitrogens with one attached hydrogen (secondary N) is 1. The van der Waals surface area contributed by atoms with Gasteiger partial charge in [-0.2, -0.15) is 21.6 Å². The predicted molar refractivity (Wildman–Crippen MR) is 87.7 cm³/mol. The molecule has 0 aromatic heterocycles. The molecule has 14 heteroatoms. The minimum Gasteiger partial charge on any atom is -0.504 e. The normalized spacial score (nSPS) is 12.9. The molecule has 0 unspecified atom stereocenters. The number of benzene rings is 1. The zero-order chi connectivity index (χ0) is 20.2. The molecule has 150 valence electrons.